The second-order valence-electron chi connectivity index (χ2n) is 5.24. The molecule has 0 aliphatic carbocycles. The van der Waals surface area contributed by atoms with Crippen molar-refractivity contribution in [2.75, 3.05) is 25.0 Å². The summed E-state index contributed by atoms with van der Waals surface area (Å²) in [5.41, 5.74) is 6.73. The summed E-state index contributed by atoms with van der Waals surface area (Å²) < 4.78 is 4.81. The van der Waals surface area contributed by atoms with E-state index in [0.717, 1.165) is 12.1 Å². The lowest BCUT2D eigenvalue weighted by Gasteiger charge is -2.21. The van der Waals surface area contributed by atoms with Gasteiger partial charge < -0.3 is 21.1 Å². The molecule has 1 atom stereocenters. The lowest BCUT2D eigenvalue weighted by Crippen LogP contribution is -2.52. The van der Waals surface area contributed by atoms with Crippen molar-refractivity contribution in [1.82, 2.24) is 5.32 Å². The fourth-order valence-corrected chi connectivity index (χ4v) is 2.19. The second kappa shape index (κ2) is 7.20. The van der Waals surface area contributed by atoms with Crippen LogP contribution in [0.25, 0.3) is 6.08 Å². The molecule has 6 heteroatoms. The number of rotatable bonds is 5. The summed E-state index contributed by atoms with van der Waals surface area (Å²) >= 11 is 0. The minimum absolute atomic E-state index is 0.188. The van der Waals surface area contributed by atoms with E-state index in [1.165, 1.54) is 6.08 Å². The average Bonchev–Trinajstić information content (AvgIpc) is 2.95. The molecular formula is C16H21N3O3. The smallest absolute Gasteiger partial charge is 0.330 e. The van der Waals surface area contributed by atoms with Crippen LogP contribution in [0.5, 0.6) is 0 Å². The molecule has 118 valence electrons. The van der Waals surface area contributed by atoms with Gasteiger partial charge in [-0.25, -0.2) is 4.79 Å². The van der Waals surface area contributed by atoms with Gasteiger partial charge in [0, 0.05) is 18.3 Å². The number of esters is 1. The largest absolute Gasteiger partial charge is 0.463 e. The van der Waals surface area contributed by atoms with E-state index in [-0.39, 0.29) is 11.9 Å². The SMILES string of the molecule is CCOC(=O)/C=C/c1ccc(NC(=O)[C@]2(N)CCNC2)cc1. The topological polar surface area (TPSA) is 93.5 Å². The lowest BCUT2D eigenvalue weighted by molar-refractivity contribution is -0.137. The molecule has 4 N–H and O–H groups in total. The van der Waals surface area contributed by atoms with Gasteiger partial charge >= 0.3 is 5.97 Å². The van der Waals surface area contributed by atoms with E-state index in [4.69, 9.17) is 10.5 Å². The molecule has 0 aromatic heterocycles. The van der Waals surface area contributed by atoms with Crippen molar-refractivity contribution in [3.63, 3.8) is 0 Å². The first-order valence-electron chi connectivity index (χ1n) is 7.29. The molecule has 22 heavy (non-hydrogen) atoms. The minimum Gasteiger partial charge on any atom is -0.463 e. The van der Waals surface area contributed by atoms with Crippen molar-refractivity contribution in [3.05, 3.63) is 35.9 Å². The molecule has 0 unspecified atom stereocenters. The van der Waals surface area contributed by atoms with Gasteiger partial charge in [0.1, 0.15) is 5.54 Å². The zero-order valence-corrected chi connectivity index (χ0v) is 12.6. The van der Waals surface area contributed by atoms with E-state index in [1.54, 1.807) is 37.3 Å². The monoisotopic (exact) mass is 303 g/mol. The maximum atomic E-state index is 12.2. The average molecular weight is 303 g/mol. The third-order valence-corrected chi connectivity index (χ3v) is 3.51. The Hall–Kier alpha value is -2.18. The fraction of sp³-hybridized carbons (Fsp3) is 0.375. The summed E-state index contributed by atoms with van der Waals surface area (Å²) in [6.45, 7) is 3.35. The number of nitrogens with one attached hydrogen (secondary N) is 2. The van der Waals surface area contributed by atoms with Gasteiger partial charge in [0.25, 0.3) is 0 Å². The number of benzene rings is 1. The molecule has 1 aliphatic rings. The van der Waals surface area contributed by atoms with Crippen molar-refractivity contribution >= 4 is 23.6 Å². The molecule has 6 nitrogen and oxygen atoms in total. The van der Waals surface area contributed by atoms with Crippen molar-refractivity contribution in [2.45, 2.75) is 18.9 Å². The first kappa shape index (κ1) is 16.2. The molecule has 1 aromatic carbocycles. The van der Waals surface area contributed by atoms with E-state index < -0.39 is 5.54 Å². The van der Waals surface area contributed by atoms with Gasteiger partial charge in [-0.05, 0) is 43.7 Å². The second-order valence-corrected chi connectivity index (χ2v) is 5.24. The number of carbonyl (C=O) groups is 2. The molecular weight excluding hydrogens is 282 g/mol. The van der Waals surface area contributed by atoms with Gasteiger partial charge in [0.05, 0.1) is 6.61 Å². The van der Waals surface area contributed by atoms with Crippen LogP contribution >= 0.6 is 0 Å². The van der Waals surface area contributed by atoms with Crippen molar-refractivity contribution in [3.8, 4) is 0 Å². The van der Waals surface area contributed by atoms with E-state index in [0.29, 0.717) is 25.3 Å². The van der Waals surface area contributed by atoms with Crippen LogP contribution in [0, 0.1) is 0 Å². The van der Waals surface area contributed by atoms with Gasteiger partial charge in [-0.15, -0.1) is 0 Å². The highest BCUT2D eigenvalue weighted by atomic mass is 16.5. The van der Waals surface area contributed by atoms with Crippen molar-refractivity contribution in [2.24, 2.45) is 5.73 Å². The first-order chi connectivity index (χ1) is 10.5. The zero-order valence-electron chi connectivity index (χ0n) is 12.6. The number of nitrogens with two attached hydrogens (primary N) is 1. The van der Waals surface area contributed by atoms with Gasteiger partial charge in [0.15, 0.2) is 0 Å². The third kappa shape index (κ3) is 4.16. The standard InChI is InChI=1S/C16H21N3O3/c1-2-22-14(20)8-5-12-3-6-13(7-4-12)19-15(21)16(17)9-10-18-11-16/h3-8,18H,2,9-11,17H2,1H3,(H,19,21)/b8-5+/t16-/m0/s1. The summed E-state index contributed by atoms with van der Waals surface area (Å²) in [6.07, 6.45) is 3.66. The predicted octanol–water partition coefficient (Wildman–Crippen LogP) is 0.892. The highest BCUT2D eigenvalue weighted by molar-refractivity contribution is 5.98. The first-order valence-corrected chi connectivity index (χ1v) is 7.29. The normalized spacial score (nSPS) is 21.0. The van der Waals surface area contributed by atoms with Crippen LogP contribution in [0.1, 0.15) is 18.9 Å². The summed E-state index contributed by atoms with van der Waals surface area (Å²) in [7, 11) is 0. The van der Waals surface area contributed by atoms with Gasteiger partial charge in [-0.3, -0.25) is 4.79 Å². The van der Waals surface area contributed by atoms with E-state index in [1.807, 2.05) is 0 Å². The minimum atomic E-state index is -0.845. The summed E-state index contributed by atoms with van der Waals surface area (Å²) in [5.74, 6) is -0.564. The highest BCUT2D eigenvalue weighted by Crippen LogP contribution is 2.16. The number of carbonyl (C=O) groups excluding carboxylic acids is 2. The van der Waals surface area contributed by atoms with Crippen LogP contribution in [0.4, 0.5) is 5.69 Å². The van der Waals surface area contributed by atoms with Gasteiger partial charge in [-0.1, -0.05) is 12.1 Å². The highest BCUT2D eigenvalue weighted by Gasteiger charge is 2.36. The quantitative estimate of drug-likeness (QED) is 0.555. The Morgan fingerprint density at radius 2 is 2.14 bits per heavy atom. The lowest BCUT2D eigenvalue weighted by atomic mass is 9.99. The molecule has 0 bridgehead atoms. The van der Waals surface area contributed by atoms with E-state index >= 15 is 0 Å². The molecule has 2 rings (SSSR count). The molecule has 1 aromatic rings. The van der Waals surface area contributed by atoms with Crippen LogP contribution in [0.15, 0.2) is 30.3 Å². The molecule has 1 heterocycles. The summed E-state index contributed by atoms with van der Waals surface area (Å²) in [5, 5.41) is 5.90. The zero-order chi connectivity index (χ0) is 16.0. The molecule has 0 saturated carbocycles. The number of hydrogen-bond donors (Lipinski definition) is 3. The van der Waals surface area contributed by atoms with Crippen LogP contribution in [0.2, 0.25) is 0 Å². The fourth-order valence-electron chi connectivity index (χ4n) is 2.19. The molecule has 1 aliphatic heterocycles. The van der Waals surface area contributed by atoms with Gasteiger partial charge in [-0.2, -0.15) is 0 Å². The molecule has 0 radical (unpaired) electrons. The number of ether oxygens (including phenoxy) is 1. The predicted molar refractivity (Wildman–Crippen MR) is 85.1 cm³/mol. The third-order valence-electron chi connectivity index (χ3n) is 3.51. The van der Waals surface area contributed by atoms with E-state index in [9.17, 15) is 9.59 Å². The Labute approximate surface area is 129 Å². The Kier molecular flexibility index (Phi) is 5.30. The van der Waals surface area contributed by atoms with Gasteiger partial charge in [0.2, 0.25) is 5.91 Å². The van der Waals surface area contributed by atoms with Crippen LogP contribution in [-0.2, 0) is 14.3 Å². The van der Waals surface area contributed by atoms with Crippen LogP contribution in [-0.4, -0.2) is 37.1 Å². The van der Waals surface area contributed by atoms with Crippen LogP contribution < -0.4 is 16.4 Å². The Morgan fingerprint density at radius 1 is 1.41 bits per heavy atom. The molecule has 0 spiro atoms. The summed E-state index contributed by atoms with van der Waals surface area (Å²) in [4.78, 5) is 23.4. The molecule has 1 amide bonds. The number of hydrogen-bond acceptors (Lipinski definition) is 5. The van der Waals surface area contributed by atoms with Crippen molar-refractivity contribution in [1.29, 1.82) is 0 Å². The van der Waals surface area contributed by atoms with Crippen LogP contribution in [0.3, 0.4) is 0 Å². The van der Waals surface area contributed by atoms with Crippen molar-refractivity contribution < 1.29 is 14.3 Å². The number of anilines is 1. The molecule has 1 saturated heterocycles. The van der Waals surface area contributed by atoms with E-state index in [2.05, 4.69) is 10.6 Å². The Balaban J connectivity index is 1.94. The Morgan fingerprint density at radius 3 is 2.73 bits per heavy atom. The maximum Gasteiger partial charge on any atom is 0.330 e. The maximum absolute atomic E-state index is 12.2. The summed E-state index contributed by atoms with van der Waals surface area (Å²) in [6, 6.07) is 7.16. The molecule has 1 fully saturated rings. The number of amides is 1. The Bertz CT molecular complexity index is 561.